The number of rotatable bonds is 23. The molecule has 0 bridgehead atoms. The molecule has 0 aliphatic heterocycles. The highest BCUT2D eigenvalue weighted by Gasteiger charge is 2.02. The van der Waals surface area contributed by atoms with Crippen LogP contribution in [0.1, 0.15) is 148 Å². The van der Waals surface area contributed by atoms with Crippen molar-refractivity contribution in [2.75, 3.05) is 0 Å². The third-order valence-corrected chi connectivity index (χ3v) is 6.10. The first-order valence-corrected chi connectivity index (χ1v) is 13.0. The first kappa shape index (κ1) is 27.7. The topological polar surface area (TPSA) is 0 Å². The maximum Gasteiger partial charge on any atom is -0.0351 e. The normalized spacial score (nSPS) is 12.8. The third kappa shape index (κ3) is 23.8. The molecule has 0 spiro atoms. The average molecular weight is 391 g/mol. The summed E-state index contributed by atoms with van der Waals surface area (Å²) in [5, 5.41) is 0. The van der Waals surface area contributed by atoms with E-state index in [0.29, 0.717) is 0 Å². The van der Waals surface area contributed by atoms with Gasteiger partial charge in [0.05, 0.1) is 0 Å². The second-order valence-corrected chi connectivity index (χ2v) is 9.10. The molecule has 0 nitrogen and oxygen atoms in total. The lowest BCUT2D eigenvalue weighted by atomic mass is 9.96. The van der Waals surface area contributed by atoms with Gasteiger partial charge in [0.25, 0.3) is 0 Å². The number of allylic oxidation sites excluding steroid dienone is 2. The van der Waals surface area contributed by atoms with Gasteiger partial charge in [-0.05, 0) is 32.1 Å². The predicted octanol–water partition coefficient (Wildman–Crippen LogP) is 10.4. The summed E-state index contributed by atoms with van der Waals surface area (Å²) in [6, 6.07) is 0. The lowest BCUT2D eigenvalue weighted by Crippen LogP contribution is -1.95. The van der Waals surface area contributed by atoms with E-state index in [4.69, 9.17) is 0 Å². The number of unbranched alkanes of at least 4 members (excludes halogenated alkanes) is 17. The Balaban J connectivity index is 3.15. The monoisotopic (exact) mass is 390 g/mol. The molecule has 166 valence electrons. The van der Waals surface area contributed by atoms with Crippen LogP contribution in [-0.4, -0.2) is 0 Å². The molecule has 0 amide bonds. The Morgan fingerprint density at radius 2 is 0.893 bits per heavy atom. The molecular formula is C28H54. The van der Waals surface area contributed by atoms with Gasteiger partial charge in [-0.3, -0.25) is 0 Å². The summed E-state index contributed by atoms with van der Waals surface area (Å²) in [7, 11) is 0. The van der Waals surface area contributed by atoms with E-state index in [1.807, 2.05) is 0 Å². The van der Waals surface area contributed by atoms with E-state index in [1.54, 1.807) is 0 Å². The maximum atomic E-state index is 3.91. The van der Waals surface area contributed by atoms with E-state index < -0.39 is 0 Å². The lowest BCUT2D eigenvalue weighted by Gasteiger charge is -2.11. The van der Waals surface area contributed by atoms with Gasteiger partial charge in [0.15, 0.2) is 0 Å². The van der Waals surface area contributed by atoms with Crippen LogP contribution in [0.2, 0.25) is 0 Å². The van der Waals surface area contributed by atoms with Crippen LogP contribution >= 0.6 is 0 Å². The van der Waals surface area contributed by atoms with Crippen LogP contribution < -0.4 is 0 Å². The second kappa shape index (κ2) is 24.8. The van der Waals surface area contributed by atoms with Crippen molar-refractivity contribution in [3.8, 4) is 0 Å². The number of hydrogen-bond donors (Lipinski definition) is 0. The molecule has 0 heterocycles. The standard InChI is InChI=1S/C28H54/c1-4-6-8-10-12-14-15-16-17-19-21-23-25-27-28(3)26-24-22-20-18-13-11-9-7-5-2/h7,9,28H,1-2,4-6,8,10-27H2,3H3. The molecule has 0 aromatic carbocycles. The summed E-state index contributed by atoms with van der Waals surface area (Å²) in [6.45, 7) is 10.2. The van der Waals surface area contributed by atoms with Gasteiger partial charge in [-0.1, -0.05) is 148 Å². The van der Waals surface area contributed by atoms with Gasteiger partial charge in [0.1, 0.15) is 0 Å². The molecule has 0 saturated carbocycles. The van der Waals surface area contributed by atoms with Crippen LogP contribution in [0.3, 0.4) is 0 Å². The fraction of sp³-hybridized carbons (Fsp3) is 0.857. The SMILES string of the molecule is [CH2]CC=CCCCCCCCC(C)CCCCCCCCCCCCCC[CH2]. The summed E-state index contributed by atoms with van der Waals surface area (Å²) in [6.07, 6.45) is 35.2. The molecule has 0 heteroatoms. The molecule has 0 aliphatic rings. The van der Waals surface area contributed by atoms with Crippen LogP contribution in [0.15, 0.2) is 12.2 Å². The summed E-state index contributed by atoms with van der Waals surface area (Å²) < 4.78 is 0. The van der Waals surface area contributed by atoms with Crippen molar-refractivity contribution < 1.29 is 0 Å². The smallest absolute Gasteiger partial charge is 0.0351 e. The average Bonchev–Trinajstić information content (AvgIpc) is 2.70. The van der Waals surface area contributed by atoms with E-state index in [9.17, 15) is 0 Å². The third-order valence-electron chi connectivity index (χ3n) is 6.10. The molecule has 0 rings (SSSR count). The fourth-order valence-electron chi connectivity index (χ4n) is 4.10. The minimum atomic E-state index is 0.940. The molecule has 2 radical (unpaired) electrons. The second-order valence-electron chi connectivity index (χ2n) is 9.10. The Labute approximate surface area is 180 Å². The molecule has 0 aromatic heterocycles. The molecule has 28 heavy (non-hydrogen) atoms. The Kier molecular flexibility index (Phi) is 24.5. The van der Waals surface area contributed by atoms with E-state index in [1.165, 1.54) is 128 Å². The van der Waals surface area contributed by atoms with E-state index >= 15 is 0 Å². The van der Waals surface area contributed by atoms with E-state index in [-0.39, 0.29) is 0 Å². The van der Waals surface area contributed by atoms with Crippen molar-refractivity contribution in [3.63, 3.8) is 0 Å². The minimum absolute atomic E-state index is 0.940. The molecular weight excluding hydrogens is 336 g/mol. The minimum Gasteiger partial charge on any atom is -0.0885 e. The summed E-state index contributed by atoms with van der Waals surface area (Å²) in [4.78, 5) is 0. The first-order chi connectivity index (χ1) is 13.8. The summed E-state index contributed by atoms with van der Waals surface area (Å²) in [5.41, 5.74) is 0. The zero-order valence-electron chi connectivity index (χ0n) is 19.7. The van der Waals surface area contributed by atoms with Gasteiger partial charge < -0.3 is 0 Å². The number of hydrogen-bond acceptors (Lipinski definition) is 0. The van der Waals surface area contributed by atoms with Crippen molar-refractivity contribution in [3.05, 3.63) is 26.0 Å². The van der Waals surface area contributed by atoms with Gasteiger partial charge in [0, 0.05) is 0 Å². The Morgan fingerprint density at radius 1 is 0.500 bits per heavy atom. The molecule has 0 N–H and O–H groups in total. The van der Waals surface area contributed by atoms with Crippen molar-refractivity contribution in [1.29, 1.82) is 0 Å². The van der Waals surface area contributed by atoms with Crippen LogP contribution in [-0.2, 0) is 0 Å². The molecule has 1 unspecified atom stereocenters. The zero-order chi connectivity index (χ0) is 20.5. The Bertz CT molecular complexity index is 290. The van der Waals surface area contributed by atoms with Crippen LogP contribution in [0.5, 0.6) is 0 Å². The fourth-order valence-corrected chi connectivity index (χ4v) is 4.10. The van der Waals surface area contributed by atoms with Crippen molar-refractivity contribution in [1.82, 2.24) is 0 Å². The molecule has 0 saturated heterocycles. The zero-order valence-corrected chi connectivity index (χ0v) is 19.7. The highest BCUT2D eigenvalue weighted by Crippen LogP contribution is 2.19. The molecule has 0 fully saturated rings. The highest BCUT2D eigenvalue weighted by atomic mass is 14.1. The van der Waals surface area contributed by atoms with Crippen molar-refractivity contribution in [2.45, 2.75) is 148 Å². The first-order valence-electron chi connectivity index (χ1n) is 13.0. The lowest BCUT2D eigenvalue weighted by molar-refractivity contribution is 0.431. The molecule has 0 aromatic rings. The van der Waals surface area contributed by atoms with Crippen LogP contribution in [0.25, 0.3) is 0 Å². The Morgan fingerprint density at radius 3 is 1.32 bits per heavy atom. The van der Waals surface area contributed by atoms with E-state index in [2.05, 4.69) is 32.9 Å². The largest absolute Gasteiger partial charge is 0.0885 e. The molecule has 0 aliphatic carbocycles. The van der Waals surface area contributed by atoms with Crippen LogP contribution in [0.4, 0.5) is 0 Å². The quantitative estimate of drug-likeness (QED) is 0.120. The van der Waals surface area contributed by atoms with Crippen molar-refractivity contribution >= 4 is 0 Å². The van der Waals surface area contributed by atoms with E-state index in [0.717, 1.165) is 18.8 Å². The Hall–Kier alpha value is -0.260. The van der Waals surface area contributed by atoms with Gasteiger partial charge >= 0.3 is 0 Å². The van der Waals surface area contributed by atoms with Gasteiger partial charge in [-0.2, -0.15) is 0 Å². The highest BCUT2D eigenvalue weighted by molar-refractivity contribution is 4.81. The predicted molar refractivity (Wildman–Crippen MR) is 131 cm³/mol. The summed E-state index contributed by atoms with van der Waals surface area (Å²) in [5.74, 6) is 0.948. The van der Waals surface area contributed by atoms with Gasteiger partial charge in [0.2, 0.25) is 0 Å². The van der Waals surface area contributed by atoms with Crippen LogP contribution in [0, 0.1) is 19.8 Å². The van der Waals surface area contributed by atoms with Gasteiger partial charge in [-0.25, -0.2) is 0 Å². The maximum absolute atomic E-state index is 3.91. The summed E-state index contributed by atoms with van der Waals surface area (Å²) >= 11 is 0. The van der Waals surface area contributed by atoms with Gasteiger partial charge in [-0.15, -0.1) is 0 Å². The van der Waals surface area contributed by atoms with Crippen molar-refractivity contribution in [2.24, 2.45) is 5.92 Å². The molecule has 1 atom stereocenters.